The van der Waals surface area contributed by atoms with Crippen molar-refractivity contribution in [2.75, 3.05) is 0 Å². The summed E-state index contributed by atoms with van der Waals surface area (Å²) in [5.41, 5.74) is 4.28. The fraction of sp³-hybridized carbons (Fsp3) is 0.182. The second kappa shape index (κ2) is 7.71. The summed E-state index contributed by atoms with van der Waals surface area (Å²) in [6.45, 7) is 6.35. The minimum atomic E-state index is -4.03. The molecule has 1 heterocycles. The molecule has 0 N–H and O–H groups in total. The number of ketones is 1. The quantitative estimate of drug-likeness (QED) is 0.360. The van der Waals surface area contributed by atoms with Crippen molar-refractivity contribution in [2.45, 2.75) is 31.0 Å². The van der Waals surface area contributed by atoms with Gasteiger partial charge >= 0.3 is 0 Å². The van der Waals surface area contributed by atoms with Gasteiger partial charge in [0.25, 0.3) is 10.0 Å². The van der Waals surface area contributed by atoms with Gasteiger partial charge in [0.05, 0.1) is 16.5 Å². The van der Waals surface area contributed by atoms with Crippen LogP contribution >= 0.6 is 0 Å². The lowest BCUT2D eigenvalue weighted by Crippen LogP contribution is -2.18. The van der Waals surface area contributed by atoms with Crippen molar-refractivity contribution in [3.63, 3.8) is 0 Å². The normalized spacial score (nSPS) is 11.5. The summed E-state index contributed by atoms with van der Waals surface area (Å²) >= 11 is 0. The van der Waals surface area contributed by atoms with Gasteiger partial charge in [-0.15, -0.1) is 5.54 Å². The highest BCUT2D eigenvalue weighted by molar-refractivity contribution is 7.90. The molecule has 146 valence electrons. The Kier molecular flexibility index (Phi) is 5.47. The topological polar surface area (TPSA) is 79.9 Å². The fourth-order valence-electron chi connectivity index (χ4n) is 2.88. The van der Waals surface area contributed by atoms with Crippen LogP contribution in [-0.2, 0) is 10.0 Å². The van der Waals surface area contributed by atoms with Crippen molar-refractivity contribution in [2.24, 2.45) is 0 Å². The molecule has 0 aliphatic carbocycles. The maximum Gasteiger partial charge on any atom is 0.268 e. The first kappa shape index (κ1) is 20.6. The SMILES string of the molecule is C[Si](C)(C)C#Cc1cccc2c1cc(C(=O)CC#N)n2S(=O)(=O)c1ccccc1. The Bertz CT molecular complexity index is 1300. The van der Waals surface area contributed by atoms with Gasteiger partial charge in [0.1, 0.15) is 20.2 Å². The zero-order chi connectivity index (χ0) is 21.2. The average molecular weight is 421 g/mol. The van der Waals surface area contributed by atoms with E-state index in [4.69, 9.17) is 5.26 Å². The second-order valence-corrected chi connectivity index (χ2v) is 14.1. The van der Waals surface area contributed by atoms with Gasteiger partial charge in [-0.05, 0) is 30.3 Å². The summed E-state index contributed by atoms with van der Waals surface area (Å²) < 4.78 is 27.8. The summed E-state index contributed by atoms with van der Waals surface area (Å²) in [4.78, 5) is 12.7. The number of nitrogens with zero attached hydrogens (tertiary/aromatic N) is 2. The Morgan fingerprint density at radius 1 is 1.07 bits per heavy atom. The zero-order valence-corrected chi connectivity index (χ0v) is 18.2. The van der Waals surface area contributed by atoms with Gasteiger partial charge in [0.15, 0.2) is 5.78 Å². The van der Waals surface area contributed by atoms with E-state index in [1.807, 2.05) is 12.1 Å². The number of carbonyl (C=O) groups excluding carboxylic acids is 1. The Balaban J connectivity index is 2.36. The van der Waals surface area contributed by atoms with Crippen LogP contribution in [0.3, 0.4) is 0 Å². The number of Topliss-reactive ketones (excluding diaryl/α,β-unsaturated/α-hetero) is 1. The predicted molar refractivity (Wildman–Crippen MR) is 116 cm³/mol. The van der Waals surface area contributed by atoms with E-state index in [-0.39, 0.29) is 10.6 Å². The molecule has 0 saturated carbocycles. The van der Waals surface area contributed by atoms with Crippen LogP contribution in [0, 0.1) is 22.8 Å². The third kappa shape index (κ3) is 4.17. The summed E-state index contributed by atoms with van der Waals surface area (Å²) in [5.74, 6) is 2.61. The number of fused-ring (bicyclic) bond motifs is 1. The summed E-state index contributed by atoms with van der Waals surface area (Å²) in [6.07, 6.45) is -0.406. The number of hydrogen-bond acceptors (Lipinski definition) is 4. The largest absolute Gasteiger partial charge is 0.291 e. The second-order valence-electron chi connectivity index (χ2n) is 7.61. The molecular weight excluding hydrogens is 400 g/mol. The molecule has 3 aromatic rings. The van der Waals surface area contributed by atoms with Gasteiger partial charge in [0.2, 0.25) is 0 Å². The van der Waals surface area contributed by atoms with Gasteiger partial charge in [-0.3, -0.25) is 4.79 Å². The van der Waals surface area contributed by atoms with E-state index in [1.54, 1.807) is 30.3 Å². The highest BCUT2D eigenvalue weighted by Gasteiger charge is 2.26. The average Bonchev–Trinajstić information content (AvgIpc) is 3.07. The molecular formula is C22H20N2O3SSi. The summed E-state index contributed by atoms with van der Waals surface area (Å²) in [5, 5.41) is 9.55. The molecule has 2 aromatic carbocycles. The molecule has 29 heavy (non-hydrogen) atoms. The molecule has 0 spiro atoms. The monoisotopic (exact) mass is 420 g/mol. The van der Waals surface area contributed by atoms with Gasteiger partial charge in [0, 0.05) is 10.9 Å². The van der Waals surface area contributed by atoms with Crippen LogP contribution in [0.4, 0.5) is 0 Å². The first-order valence-electron chi connectivity index (χ1n) is 9.03. The molecule has 0 radical (unpaired) electrons. The van der Waals surface area contributed by atoms with E-state index < -0.39 is 30.3 Å². The van der Waals surface area contributed by atoms with Crippen LogP contribution in [0.25, 0.3) is 10.9 Å². The Labute approximate surface area is 171 Å². The molecule has 7 heteroatoms. The van der Waals surface area contributed by atoms with Crippen molar-refractivity contribution in [1.82, 2.24) is 3.97 Å². The lowest BCUT2D eigenvalue weighted by atomic mass is 10.1. The predicted octanol–water partition coefficient (Wildman–Crippen LogP) is 4.20. The van der Waals surface area contributed by atoms with Crippen LogP contribution in [0.15, 0.2) is 59.5 Å². The minimum Gasteiger partial charge on any atom is -0.291 e. The van der Waals surface area contributed by atoms with E-state index in [9.17, 15) is 13.2 Å². The smallest absolute Gasteiger partial charge is 0.268 e. The third-order valence-electron chi connectivity index (χ3n) is 4.18. The molecule has 5 nitrogen and oxygen atoms in total. The molecule has 3 rings (SSSR count). The van der Waals surface area contributed by atoms with E-state index in [0.29, 0.717) is 16.5 Å². The Morgan fingerprint density at radius 3 is 2.38 bits per heavy atom. The highest BCUT2D eigenvalue weighted by Crippen LogP contribution is 2.28. The van der Waals surface area contributed by atoms with E-state index >= 15 is 0 Å². The minimum absolute atomic E-state index is 0.0346. The third-order valence-corrected chi connectivity index (χ3v) is 6.80. The lowest BCUT2D eigenvalue weighted by molar-refractivity contribution is 0.0992. The Hall–Kier alpha value is -3.13. The van der Waals surface area contributed by atoms with Crippen LogP contribution in [0.1, 0.15) is 22.5 Å². The summed E-state index contributed by atoms with van der Waals surface area (Å²) in [7, 11) is -5.68. The van der Waals surface area contributed by atoms with E-state index in [2.05, 4.69) is 31.1 Å². The highest BCUT2D eigenvalue weighted by atomic mass is 32.2. The number of benzene rings is 2. The van der Waals surface area contributed by atoms with E-state index in [1.165, 1.54) is 18.2 Å². The van der Waals surface area contributed by atoms with Gasteiger partial charge in [-0.2, -0.15) is 5.26 Å². The number of nitriles is 1. The van der Waals surface area contributed by atoms with E-state index in [0.717, 1.165) is 3.97 Å². The number of hydrogen-bond donors (Lipinski definition) is 0. The molecule has 0 fully saturated rings. The van der Waals surface area contributed by atoms with Crippen LogP contribution in [-0.4, -0.2) is 26.2 Å². The summed E-state index contributed by atoms with van der Waals surface area (Å²) in [6, 6.07) is 16.5. The van der Waals surface area contributed by atoms with Crippen LogP contribution in [0.2, 0.25) is 19.6 Å². The number of aromatic nitrogens is 1. The van der Waals surface area contributed by atoms with Crippen molar-refractivity contribution in [1.29, 1.82) is 5.26 Å². The number of carbonyl (C=O) groups is 1. The molecule has 0 bridgehead atoms. The zero-order valence-electron chi connectivity index (χ0n) is 16.4. The number of rotatable bonds is 4. The van der Waals surface area contributed by atoms with Crippen LogP contribution < -0.4 is 0 Å². The standard InChI is InChI=1S/C22H20N2O3SSi/c1-29(2,3)15-13-17-8-7-11-20-19(17)16-21(22(25)12-14-23)24(20)28(26,27)18-9-5-4-6-10-18/h4-11,16H,12H2,1-3H3. The van der Waals surface area contributed by atoms with Crippen molar-refractivity contribution >= 4 is 34.8 Å². The van der Waals surface area contributed by atoms with Gasteiger partial charge in [-0.25, -0.2) is 12.4 Å². The maximum absolute atomic E-state index is 13.4. The van der Waals surface area contributed by atoms with Crippen molar-refractivity contribution < 1.29 is 13.2 Å². The Morgan fingerprint density at radius 2 is 1.76 bits per heavy atom. The first-order valence-corrected chi connectivity index (χ1v) is 14.0. The van der Waals surface area contributed by atoms with Gasteiger partial charge < -0.3 is 0 Å². The molecule has 0 saturated heterocycles. The fourth-order valence-corrected chi connectivity index (χ4v) is 4.94. The molecule has 0 aliphatic heterocycles. The van der Waals surface area contributed by atoms with Crippen molar-refractivity contribution in [3.8, 4) is 17.5 Å². The molecule has 0 amide bonds. The molecule has 0 unspecified atom stereocenters. The molecule has 0 atom stereocenters. The molecule has 1 aromatic heterocycles. The van der Waals surface area contributed by atoms with Crippen molar-refractivity contribution in [3.05, 3.63) is 65.9 Å². The first-order chi connectivity index (χ1) is 13.6. The maximum atomic E-state index is 13.4. The molecule has 0 aliphatic rings. The van der Waals surface area contributed by atoms with Crippen LogP contribution in [0.5, 0.6) is 0 Å². The van der Waals surface area contributed by atoms with Gasteiger partial charge in [-0.1, -0.05) is 49.8 Å². The lowest BCUT2D eigenvalue weighted by Gasteiger charge is -2.11.